The van der Waals surface area contributed by atoms with Crippen molar-refractivity contribution in [3.8, 4) is 0 Å². The summed E-state index contributed by atoms with van der Waals surface area (Å²) in [6.07, 6.45) is 3.92. The molecule has 1 amide bonds. The van der Waals surface area contributed by atoms with Crippen molar-refractivity contribution in [1.29, 1.82) is 0 Å². The summed E-state index contributed by atoms with van der Waals surface area (Å²) in [5.41, 5.74) is 2.84. The van der Waals surface area contributed by atoms with Crippen LogP contribution in [-0.4, -0.2) is 35.4 Å². The summed E-state index contributed by atoms with van der Waals surface area (Å²) in [6, 6.07) is 10.5. The molecular formula is C21H23N3O2S. The Morgan fingerprint density at radius 1 is 1.22 bits per heavy atom. The standard InChI is InChI=1S/C21H23N3O2S/c1-14-4-6-15(7-5-14)18(24-9-2-3-10-24)13-23-21(26)17-12-22-20(25)16-8-11-27-19(16)17/h4-8,11-12,18H,2-3,9-10,13H2,1H3,(H,22,25)(H,23,26). The maximum Gasteiger partial charge on any atom is 0.256 e. The number of nitrogens with zero attached hydrogens (tertiary/aromatic N) is 1. The molecule has 2 N–H and O–H groups in total. The van der Waals surface area contributed by atoms with Crippen molar-refractivity contribution in [2.45, 2.75) is 25.8 Å². The molecule has 0 saturated carbocycles. The number of aryl methyl sites for hydroxylation is 1. The number of H-pyrrole nitrogens is 1. The van der Waals surface area contributed by atoms with Crippen LogP contribution in [0.25, 0.3) is 10.1 Å². The molecule has 1 aromatic carbocycles. The average molecular weight is 382 g/mol. The number of aromatic nitrogens is 1. The van der Waals surface area contributed by atoms with Crippen LogP contribution >= 0.6 is 11.3 Å². The number of thiophene rings is 1. The van der Waals surface area contributed by atoms with Gasteiger partial charge >= 0.3 is 0 Å². The van der Waals surface area contributed by atoms with Gasteiger partial charge in [-0.25, -0.2) is 0 Å². The molecule has 1 atom stereocenters. The number of likely N-dealkylation sites (tertiary alicyclic amines) is 1. The highest BCUT2D eigenvalue weighted by atomic mass is 32.1. The van der Waals surface area contributed by atoms with Gasteiger partial charge in [0.2, 0.25) is 0 Å². The van der Waals surface area contributed by atoms with Crippen LogP contribution in [0.1, 0.15) is 40.4 Å². The van der Waals surface area contributed by atoms with E-state index in [1.54, 1.807) is 6.07 Å². The van der Waals surface area contributed by atoms with E-state index >= 15 is 0 Å². The number of carbonyl (C=O) groups is 1. The second-order valence-electron chi connectivity index (χ2n) is 7.07. The third kappa shape index (κ3) is 3.68. The number of fused-ring (bicyclic) bond motifs is 1. The zero-order chi connectivity index (χ0) is 18.8. The zero-order valence-electron chi connectivity index (χ0n) is 15.3. The maximum absolute atomic E-state index is 12.8. The first-order chi connectivity index (χ1) is 13.1. The number of carbonyl (C=O) groups excluding carboxylic acids is 1. The fourth-order valence-corrected chi connectivity index (χ4v) is 4.64. The quantitative estimate of drug-likeness (QED) is 0.711. The Morgan fingerprint density at radius 3 is 2.70 bits per heavy atom. The van der Waals surface area contributed by atoms with Gasteiger partial charge in [-0.2, -0.15) is 0 Å². The van der Waals surface area contributed by atoms with Gasteiger partial charge in [0, 0.05) is 12.7 Å². The Morgan fingerprint density at radius 2 is 1.96 bits per heavy atom. The molecule has 0 bridgehead atoms. The normalized spacial score (nSPS) is 15.9. The van der Waals surface area contributed by atoms with Crippen molar-refractivity contribution < 1.29 is 4.79 Å². The van der Waals surface area contributed by atoms with E-state index in [-0.39, 0.29) is 17.5 Å². The number of hydrogen-bond donors (Lipinski definition) is 2. The highest BCUT2D eigenvalue weighted by Gasteiger charge is 2.24. The molecule has 1 aliphatic heterocycles. The van der Waals surface area contributed by atoms with E-state index in [2.05, 4.69) is 46.4 Å². The van der Waals surface area contributed by atoms with E-state index in [0.717, 1.165) is 17.8 Å². The summed E-state index contributed by atoms with van der Waals surface area (Å²) in [5, 5.41) is 5.51. The molecule has 1 aliphatic rings. The molecule has 1 fully saturated rings. The van der Waals surface area contributed by atoms with Gasteiger partial charge in [0.05, 0.1) is 21.7 Å². The first-order valence-corrected chi connectivity index (χ1v) is 10.2. The predicted octanol–water partition coefficient (Wildman–Crippen LogP) is 3.46. The summed E-state index contributed by atoms with van der Waals surface area (Å²) in [5.74, 6) is -0.144. The number of amides is 1. The van der Waals surface area contributed by atoms with Gasteiger partial charge in [0.15, 0.2) is 0 Å². The molecule has 1 saturated heterocycles. The highest BCUT2D eigenvalue weighted by Crippen LogP contribution is 2.26. The van der Waals surface area contributed by atoms with Crippen molar-refractivity contribution in [2.24, 2.45) is 0 Å². The highest BCUT2D eigenvalue weighted by molar-refractivity contribution is 7.17. The van der Waals surface area contributed by atoms with Gasteiger partial charge in [-0.3, -0.25) is 14.5 Å². The van der Waals surface area contributed by atoms with E-state index in [1.165, 1.54) is 41.5 Å². The largest absolute Gasteiger partial charge is 0.350 e. The van der Waals surface area contributed by atoms with Gasteiger partial charge in [0.25, 0.3) is 11.5 Å². The van der Waals surface area contributed by atoms with Gasteiger partial charge < -0.3 is 10.3 Å². The molecule has 4 rings (SSSR count). The monoisotopic (exact) mass is 381 g/mol. The Hall–Kier alpha value is -2.44. The summed E-state index contributed by atoms with van der Waals surface area (Å²) >= 11 is 1.42. The first-order valence-electron chi connectivity index (χ1n) is 9.31. The molecule has 5 nitrogen and oxygen atoms in total. The molecule has 0 radical (unpaired) electrons. The molecular weight excluding hydrogens is 358 g/mol. The number of hydrogen-bond acceptors (Lipinski definition) is 4. The maximum atomic E-state index is 12.8. The van der Waals surface area contributed by atoms with Crippen molar-refractivity contribution >= 4 is 27.3 Å². The minimum absolute atomic E-state index is 0.144. The van der Waals surface area contributed by atoms with E-state index in [9.17, 15) is 9.59 Å². The molecule has 3 aromatic rings. The van der Waals surface area contributed by atoms with E-state index < -0.39 is 0 Å². The topological polar surface area (TPSA) is 65.2 Å². The fourth-order valence-electron chi connectivity index (χ4n) is 3.73. The van der Waals surface area contributed by atoms with Gasteiger partial charge in [-0.15, -0.1) is 11.3 Å². The minimum atomic E-state index is -0.155. The number of aromatic amines is 1. The molecule has 140 valence electrons. The van der Waals surface area contributed by atoms with E-state index in [1.807, 2.05) is 5.38 Å². The lowest BCUT2D eigenvalue weighted by Crippen LogP contribution is -2.37. The van der Waals surface area contributed by atoms with Crippen LogP contribution in [0.15, 0.2) is 46.7 Å². The van der Waals surface area contributed by atoms with Crippen molar-refractivity contribution in [2.75, 3.05) is 19.6 Å². The molecule has 6 heteroatoms. The third-order valence-electron chi connectivity index (χ3n) is 5.25. The lowest BCUT2D eigenvalue weighted by Gasteiger charge is -2.28. The zero-order valence-corrected chi connectivity index (χ0v) is 16.1. The van der Waals surface area contributed by atoms with Crippen molar-refractivity contribution in [1.82, 2.24) is 15.2 Å². The third-order valence-corrected chi connectivity index (χ3v) is 6.19. The molecule has 0 spiro atoms. The lowest BCUT2D eigenvalue weighted by molar-refractivity contribution is 0.0939. The molecule has 27 heavy (non-hydrogen) atoms. The van der Waals surface area contributed by atoms with Crippen LogP contribution in [0.3, 0.4) is 0 Å². The number of benzene rings is 1. The number of pyridine rings is 1. The van der Waals surface area contributed by atoms with Crippen molar-refractivity contribution in [3.05, 3.63) is 69.0 Å². The molecule has 2 aromatic heterocycles. The van der Waals surface area contributed by atoms with Crippen LogP contribution in [0.4, 0.5) is 0 Å². The Bertz CT molecular complexity index is 1000. The van der Waals surface area contributed by atoms with Crippen LogP contribution in [0.5, 0.6) is 0 Å². The Labute approximate surface area is 162 Å². The van der Waals surface area contributed by atoms with Crippen LogP contribution in [0.2, 0.25) is 0 Å². The predicted molar refractivity (Wildman–Crippen MR) is 110 cm³/mol. The van der Waals surface area contributed by atoms with E-state index in [0.29, 0.717) is 17.5 Å². The second-order valence-corrected chi connectivity index (χ2v) is 7.99. The summed E-state index contributed by atoms with van der Waals surface area (Å²) in [4.78, 5) is 29.8. The fraction of sp³-hybridized carbons (Fsp3) is 0.333. The summed E-state index contributed by atoms with van der Waals surface area (Å²) in [6.45, 7) is 4.75. The lowest BCUT2D eigenvalue weighted by atomic mass is 10.0. The number of rotatable bonds is 5. The van der Waals surface area contributed by atoms with Gasteiger partial charge in [-0.1, -0.05) is 29.8 Å². The average Bonchev–Trinajstić information content (AvgIpc) is 3.36. The Kier molecular flexibility index (Phi) is 5.09. The van der Waals surface area contributed by atoms with Crippen LogP contribution < -0.4 is 10.9 Å². The molecule has 1 unspecified atom stereocenters. The van der Waals surface area contributed by atoms with Gasteiger partial charge in [0.1, 0.15) is 0 Å². The number of nitrogens with one attached hydrogen (secondary N) is 2. The Balaban J connectivity index is 1.55. The smallest absolute Gasteiger partial charge is 0.256 e. The minimum Gasteiger partial charge on any atom is -0.350 e. The molecule has 0 aliphatic carbocycles. The van der Waals surface area contributed by atoms with Crippen molar-refractivity contribution in [3.63, 3.8) is 0 Å². The molecule has 3 heterocycles. The SMILES string of the molecule is Cc1ccc(C(CNC(=O)c2c[nH]c(=O)c3ccsc23)N2CCCC2)cc1. The van der Waals surface area contributed by atoms with Gasteiger partial charge in [-0.05, 0) is 49.9 Å². The van der Waals surface area contributed by atoms with Crippen LogP contribution in [0, 0.1) is 6.92 Å². The second kappa shape index (κ2) is 7.66. The summed E-state index contributed by atoms with van der Waals surface area (Å²) in [7, 11) is 0. The van der Waals surface area contributed by atoms with Crippen LogP contribution in [-0.2, 0) is 0 Å². The summed E-state index contributed by atoms with van der Waals surface area (Å²) < 4.78 is 0.740. The van der Waals surface area contributed by atoms with E-state index in [4.69, 9.17) is 0 Å². The first kappa shape index (κ1) is 17.9.